The molecule has 0 unspecified atom stereocenters. The molecule has 0 amide bonds. The summed E-state index contributed by atoms with van der Waals surface area (Å²) in [6.07, 6.45) is 5.74. The van der Waals surface area contributed by atoms with Gasteiger partial charge in [0.25, 0.3) is 5.69 Å². The maximum absolute atomic E-state index is 10.8. The molecule has 1 saturated carbocycles. The van der Waals surface area contributed by atoms with E-state index in [-0.39, 0.29) is 10.6 Å². The third-order valence-electron chi connectivity index (χ3n) is 3.90. The van der Waals surface area contributed by atoms with Crippen molar-refractivity contribution < 1.29 is 4.92 Å². The molecule has 0 aliphatic heterocycles. The fourth-order valence-electron chi connectivity index (χ4n) is 2.58. The van der Waals surface area contributed by atoms with Crippen LogP contribution in [0.4, 0.5) is 11.4 Å². The number of aromatic nitrogens is 2. The summed E-state index contributed by atoms with van der Waals surface area (Å²) in [5, 5.41) is 12.9. The second kappa shape index (κ2) is 6.01. The highest BCUT2D eigenvalue weighted by molar-refractivity contribution is 7.07. The Morgan fingerprint density at radius 1 is 1.25 bits per heavy atom. The Labute approximate surface area is 141 Å². The van der Waals surface area contributed by atoms with Crippen molar-refractivity contribution >= 4 is 22.7 Å². The van der Waals surface area contributed by atoms with E-state index in [1.165, 1.54) is 0 Å². The number of nitrogens with zero attached hydrogens (tertiary/aromatic N) is 4. The third kappa shape index (κ3) is 2.85. The maximum Gasteiger partial charge on any atom is 0.269 e. The molecule has 0 atom stereocenters. The fraction of sp³-hybridized carbons (Fsp3) is 0.176. The lowest BCUT2D eigenvalue weighted by atomic mass is 10.1. The molecule has 1 aliphatic rings. The highest BCUT2D eigenvalue weighted by Crippen LogP contribution is 2.38. The molecule has 1 aromatic carbocycles. The zero-order valence-corrected chi connectivity index (χ0v) is 13.5. The van der Waals surface area contributed by atoms with Gasteiger partial charge in [0.05, 0.1) is 22.5 Å². The summed E-state index contributed by atoms with van der Waals surface area (Å²) >= 11 is 1.58. The normalized spacial score (nSPS) is 14.8. The molecule has 4 rings (SSSR count). The van der Waals surface area contributed by atoms with E-state index in [9.17, 15) is 10.1 Å². The summed E-state index contributed by atoms with van der Waals surface area (Å²) in [6.45, 7) is 0. The molecule has 2 heterocycles. The Bertz CT molecular complexity index is 941. The molecule has 0 radical (unpaired) electrons. The largest absolute Gasteiger partial charge is 0.313 e. The molecule has 120 valence electrons. The molecule has 0 bridgehead atoms. The second-order valence-corrected chi connectivity index (χ2v) is 6.47. The average Bonchev–Trinajstić information content (AvgIpc) is 3.36. The molecule has 3 aromatic rings. The molecule has 2 aromatic heterocycles. The Hall–Kier alpha value is -2.80. The van der Waals surface area contributed by atoms with Gasteiger partial charge in [-0.3, -0.25) is 15.1 Å². The van der Waals surface area contributed by atoms with E-state index in [0.29, 0.717) is 6.04 Å². The monoisotopic (exact) mass is 338 g/mol. The first-order valence-corrected chi connectivity index (χ1v) is 8.50. The minimum atomic E-state index is -0.379. The zero-order valence-electron chi connectivity index (χ0n) is 12.7. The van der Waals surface area contributed by atoms with E-state index < -0.39 is 0 Å². The van der Waals surface area contributed by atoms with Crippen LogP contribution in [-0.2, 0) is 0 Å². The van der Waals surface area contributed by atoms with Gasteiger partial charge in [-0.15, -0.1) is 11.3 Å². The van der Waals surface area contributed by atoms with Crippen molar-refractivity contribution in [3.8, 4) is 11.3 Å². The molecule has 1 aliphatic carbocycles. The second-order valence-electron chi connectivity index (χ2n) is 5.63. The minimum absolute atomic E-state index is 0.104. The Morgan fingerprint density at radius 3 is 2.67 bits per heavy atom. The lowest BCUT2D eigenvalue weighted by molar-refractivity contribution is -0.384. The van der Waals surface area contributed by atoms with E-state index in [1.54, 1.807) is 48.0 Å². The van der Waals surface area contributed by atoms with E-state index in [1.807, 2.05) is 12.1 Å². The van der Waals surface area contributed by atoms with Crippen LogP contribution in [0, 0.1) is 10.1 Å². The van der Waals surface area contributed by atoms with Crippen molar-refractivity contribution in [1.82, 2.24) is 9.55 Å². The molecule has 0 saturated heterocycles. The van der Waals surface area contributed by atoms with Gasteiger partial charge in [0.15, 0.2) is 4.80 Å². The van der Waals surface area contributed by atoms with Crippen molar-refractivity contribution in [2.75, 3.05) is 0 Å². The Kier molecular flexibility index (Phi) is 3.70. The summed E-state index contributed by atoms with van der Waals surface area (Å²) in [6, 6.07) is 10.9. The summed E-state index contributed by atoms with van der Waals surface area (Å²) in [7, 11) is 0. The predicted octanol–water partition coefficient (Wildman–Crippen LogP) is 4.09. The lowest BCUT2D eigenvalue weighted by Gasteiger charge is -2.07. The maximum atomic E-state index is 10.8. The fourth-order valence-corrected chi connectivity index (χ4v) is 3.57. The van der Waals surface area contributed by atoms with Crippen LogP contribution in [0.3, 0.4) is 0 Å². The van der Waals surface area contributed by atoms with Crippen LogP contribution in [0.5, 0.6) is 0 Å². The van der Waals surface area contributed by atoms with E-state index in [0.717, 1.165) is 34.6 Å². The minimum Gasteiger partial charge on any atom is -0.313 e. The topological polar surface area (TPSA) is 73.3 Å². The van der Waals surface area contributed by atoms with Gasteiger partial charge in [-0.1, -0.05) is 0 Å². The van der Waals surface area contributed by atoms with Crippen molar-refractivity contribution in [2.45, 2.75) is 18.9 Å². The van der Waals surface area contributed by atoms with Crippen LogP contribution in [0.2, 0.25) is 0 Å². The molecule has 6 nitrogen and oxygen atoms in total. The summed E-state index contributed by atoms with van der Waals surface area (Å²) in [5.41, 5.74) is 2.95. The average molecular weight is 338 g/mol. The Balaban J connectivity index is 1.80. The first kappa shape index (κ1) is 14.8. The SMILES string of the molecule is O=[N+]([O-])c1ccc(-c2csc(=Nc3cccnc3)n2C2CC2)cc1. The van der Waals surface area contributed by atoms with Gasteiger partial charge in [0.2, 0.25) is 0 Å². The first-order chi connectivity index (χ1) is 11.7. The number of hydrogen-bond acceptors (Lipinski definition) is 5. The molecule has 24 heavy (non-hydrogen) atoms. The third-order valence-corrected chi connectivity index (χ3v) is 4.74. The summed E-state index contributed by atoms with van der Waals surface area (Å²) < 4.78 is 2.23. The van der Waals surface area contributed by atoms with Crippen molar-refractivity contribution in [1.29, 1.82) is 0 Å². The molecule has 7 heteroatoms. The van der Waals surface area contributed by atoms with Gasteiger partial charge < -0.3 is 4.57 Å². The number of thiazole rings is 1. The van der Waals surface area contributed by atoms with Crippen LogP contribution in [0.1, 0.15) is 18.9 Å². The van der Waals surface area contributed by atoms with Crippen molar-refractivity contribution in [3.63, 3.8) is 0 Å². The van der Waals surface area contributed by atoms with Gasteiger partial charge in [-0.2, -0.15) is 0 Å². The number of nitro groups is 1. The van der Waals surface area contributed by atoms with Crippen LogP contribution < -0.4 is 4.80 Å². The smallest absolute Gasteiger partial charge is 0.269 e. The number of benzene rings is 1. The number of pyridine rings is 1. The van der Waals surface area contributed by atoms with Crippen molar-refractivity contribution in [2.24, 2.45) is 4.99 Å². The number of hydrogen-bond donors (Lipinski definition) is 0. The van der Waals surface area contributed by atoms with E-state index in [4.69, 9.17) is 4.99 Å². The van der Waals surface area contributed by atoms with Crippen LogP contribution >= 0.6 is 11.3 Å². The lowest BCUT2D eigenvalue weighted by Crippen LogP contribution is -2.14. The molecule has 0 spiro atoms. The van der Waals surface area contributed by atoms with Gasteiger partial charge in [-0.25, -0.2) is 4.99 Å². The Morgan fingerprint density at radius 2 is 2.04 bits per heavy atom. The molecule has 1 fully saturated rings. The molecular weight excluding hydrogens is 324 g/mol. The van der Waals surface area contributed by atoms with E-state index >= 15 is 0 Å². The van der Waals surface area contributed by atoms with Gasteiger partial charge in [0.1, 0.15) is 0 Å². The van der Waals surface area contributed by atoms with E-state index in [2.05, 4.69) is 14.9 Å². The first-order valence-electron chi connectivity index (χ1n) is 7.62. The van der Waals surface area contributed by atoms with Crippen LogP contribution in [0.15, 0.2) is 59.2 Å². The van der Waals surface area contributed by atoms with Crippen molar-refractivity contribution in [3.05, 3.63) is 69.1 Å². The van der Waals surface area contributed by atoms with Gasteiger partial charge in [-0.05, 0) is 42.7 Å². The number of rotatable bonds is 4. The number of nitro benzene ring substituents is 1. The summed E-state index contributed by atoms with van der Waals surface area (Å²) in [5.74, 6) is 0. The highest BCUT2D eigenvalue weighted by atomic mass is 32.1. The quantitative estimate of drug-likeness (QED) is 0.531. The molecular formula is C17H14N4O2S. The zero-order chi connectivity index (χ0) is 16.5. The number of non-ortho nitro benzene ring substituents is 1. The van der Waals surface area contributed by atoms with Gasteiger partial charge in [0, 0.05) is 29.8 Å². The van der Waals surface area contributed by atoms with Gasteiger partial charge >= 0.3 is 0 Å². The standard InChI is InChI=1S/C17H14N4O2S/c22-21(23)15-5-3-12(4-6-15)16-11-24-17(20(16)14-7-8-14)19-13-2-1-9-18-10-13/h1-6,9-11,14H,7-8H2. The van der Waals surface area contributed by atoms with Crippen LogP contribution in [0.25, 0.3) is 11.3 Å². The van der Waals surface area contributed by atoms with Crippen LogP contribution in [-0.4, -0.2) is 14.5 Å². The summed E-state index contributed by atoms with van der Waals surface area (Å²) in [4.78, 5) is 20.2. The highest BCUT2D eigenvalue weighted by Gasteiger charge is 2.27. The predicted molar refractivity (Wildman–Crippen MR) is 92.1 cm³/mol. The molecule has 0 N–H and O–H groups in total.